The summed E-state index contributed by atoms with van der Waals surface area (Å²) in [5.74, 6) is 1.63. The highest BCUT2D eigenvalue weighted by molar-refractivity contribution is 7.80. The van der Waals surface area contributed by atoms with Crippen molar-refractivity contribution in [2.24, 2.45) is 5.92 Å². The van der Waals surface area contributed by atoms with Crippen molar-refractivity contribution in [3.8, 4) is 5.75 Å². The number of nitrogens with one attached hydrogen (secondary N) is 1. The van der Waals surface area contributed by atoms with E-state index in [1.807, 2.05) is 7.05 Å². The normalized spacial score (nSPS) is 31.9. The van der Waals surface area contributed by atoms with Crippen molar-refractivity contribution in [2.75, 3.05) is 40.8 Å². The van der Waals surface area contributed by atoms with Gasteiger partial charge in [-0.1, -0.05) is 6.07 Å². The van der Waals surface area contributed by atoms with Crippen LogP contribution in [0.5, 0.6) is 5.75 Å². The van der Waals surface area contributed by atoms with E-state index >= 15 is 0 Å². The molecule has 24 heavy (non-hydrogen) atoms. The maximum atomic E-state index is 5.54. The van der Waals surface area contributed by atoms with Crippen molar-refractivity contribution in [3.05, 3.63) is 29.3 Å². The van der Waals surface area contributed by atoms with Gasteiger partial charge in [-0.05, 0) is 68.3 Å². The van der Waals surface area contributed by atoms with Crippen LogP contribution in [0.4, 0.5) is 0 Å². The predicted octanol–water partition coefficient (Wildman–Crippen LogP) is 2.02. The van der Waals surface area contributed by atoms with E-state index in [1.54, 1.807) is 12.7 Å². The molecule has 2 bridgehead atoms. The molecule has 0 radical (unpaired) electrons. The Hall–Kier alpha value is -1.33. The molecule has 0 saturated carbocycles. The number of nitrogens with zero attached hydrogens (tertiary/aromatic N) is 2. The number of ether oxygens (including phenoxy) is 1. The second-order valence-electron chi connectivity index (χ2n) is 7.54. The Morgan fingerprint density at radius 2 is 2.12 bits per heavy atom. The summed E-state index contributed by atoms with van der Waals surface area (Å²) in [6, 6.07) is 7.34. The zero-order chi connectivity index (χ0) is 16.9. The number of benzene rings is 1. The first-order valence-electron chi connectivity index (χ1n) is 8.93. The standard InChI is InChI=1S/C19H27N3OS/c1-20-18(24)22-9-7-19-6-8-21(2)17(16(19)12-22)10-13-4-5-14(23-3)11-15(13)19/h4-5,11,16-17H,6-10,12H2,1-3H3,(H,20,24)/t16-,17+,19+/m0/s1. The number of likely N-dealkylation sites (tertiary alicyclic amines) is 2. The van der Waals surface area contributed by atoms with E-state index in [9.17, 15) is 0 Å². The summed E-state index contributed by atoms with van der Waals surface area (Å²) in [5.41, 5.74) is 3.36. The number of fused-ring (bicyclic) bond motifs is 1. The molecule has 4 rings (SSSR count). The van der Waals surface area contributed by atoms with Crippen LogP contribution in [0.15, 0.2) is 18.2 Å². The maximum absolute atomic E-state index is 5.54. The van der Waals surface area contributed by atoms with Gasteiger partial charge in [0.15, 0.2) is 5.11 Å². The molecule has 1 aromatic rings. The Bertz CT molecular complexity index is 664. The molecule has 0 amide bonds. The van der Waals surface area contributed by atoms with Crippen LogP contribution in [0.2, 0.25) is 0 Å². The fourth-order valence-corrected chi connectivity index (χ4v) is 5.50. The fraction of sp³-hybridized carbons (Fsp3) is 0.632. The van der Waals surface area contributed by atoms with E-state index in [-0.39, 0.29) is 0 Å². The third kappa shape index (κ3) is 2.25. The van der Waals surface area contributed by atoms with Crippen LogP contribution in [-0.2, 0) is 11.8 Å². The molecule has 1 aromatic carbocycles. The average Bonchev–Trinajstić information content (AvgIpc) is 2.63. The van der Waals surface area contributed by atoms with Gasteiger partial charge < -0.3 is 19.9 Å². The van der Waals surface area contributed by atoms with E-state index in [2.05, 4.69) is 40.4 Å². The summed E-state index contributed by atoms with van der Waals surface area (Å²) in [4.78, 5) is 4.94. The minimum absolute atomic E-state index is 0.291. The van der Waals surface area contributed by atoms with E-state index in [0.717, 1.165) is 30.4 Å². The smallest absolute Gasteiger partial charge is 0.168 e. The largest absolute Gasteiger partial charge is 0.497 e. The highest BCUT2D eigenvalue weighted by atomic mass is 32.1. The van der Waals surface area contributed by atoms with E-state index < -0.39 is 0 Å². The fourth-order valence-electron chi connectivity index (χ4n) is 5.33. The van der Waals surface area contributed by atoms with E-state index in [0.29, 0.717) is 17.4 Å². The summed E-state index contributed by atoms with van der Waals surface area (Å²) in [6.45, 7) is 3.29. The van der Waals surface area contributed by atoms with Crippen LogP contribution < -0.4 is 10.1 Å². The molecule has 1 aliphatic carbocycles. The molecule has 3 aliphatic rings. The van der Waals surface area contributed by atoms with Gasteiger partial charge in [0, 0.05) is 37.5 Å². The van der Waals surface area contributed by atoms with Crippen LogP contribution in [0.3, 0.4) is 0 Å². The lowest BCUT2D eigenvalue weighted by Crippen LogP contribution is -2.65. The second-order valence-corrected chi connectivity index (χ2v) is 7.93. The van der Waals surface area contributed by atoms with Crippen molar-refractivity contribution in [1.29, 1.82) is 0 Å². The third-order valence-electron chi connectivity index (χ3n) is 6.68. The second kappa shape index (κ2) is 5.88. The van der Waals surface area contributed by atoms with Crippen molar-refractivity contribution in [2.45, 2.75) is 30.7 Å². The van der Waals surface area contributed by atoms with Gasteiger partial charge in [0.25, 0.3) is 0 Å². The van der Waals surface area contributed by atoms with Crippen LogP contribution in [0, 0.1) is 5.92 Å². The van der Waals surface area contributed by atoms with Crippen molar-refractivity contribution < 1.29 is 4.74 Å². The summed E-state index contributed by atoms with van der Waals surface area (Å²) in [7, 11) is 5.99. The molecule has 0 spiro atoms. The van der Waals surface area contributed by atoms with E-state index in [1.165, 1.54) is 24.9 Å². The Kier molecular flexibility index (Phi) is 3.96. The van der Waals surface area contributed by atoms with Gasteiger partial charge in [-0.2, -0.15) is 0 Å². The van der Waals surface area contributed by atoms with Gasteiger partial charge in [-0.15, -0.1) is 0 Å². The first kappa shape index (κ1) is 16.2. The summed E-state index contributed by atoms with van der Waals surface area (Å²) < 4.78 is 5.54. The van der Waals surface area contributed by atoms with Gasteiger partial charge in [-0.3, -0.25) is 0 Å². The molecule has 130 valence electrons. The van der Waals surface area contributed by atoms with Gasteiger partial charge in [0.1, 0.15) is 5.75 Å². The number of hydrogen-bond donors (Lipinski definition) is 1. The Morgan fingerprint density at radius 1 is 1.33 bits per heavy atom. The Balaban J connectivity index is 1.78. The first-order chi connectivity index (χ1) is 11.6. The SMILES string of the molecule is CNC(=S)N1CC[C@]23CCN(C)[C@H](Cc4ccc(OC)cc42)[C@@H]3C1. The van der Waals surface area contributed by atoms with Crippen molar-refractivity contribution >= 4 is 17.3 Å². The molecule has 2 saturated heterocycles. The van der Waals surface area contributed by atoms with Crippen molar-refractivity contribution in [3.63, 3.8) is 0 Å². The van der Waals surface area contributed by atoms with Crippen LogP contribution in [0.25, 0.3) is 0 Å². The number of likely N-dealkylation sites (N-methyl/N-ethyl adjacent to an activating group) is 1. The van der Waals surface area contributed by atoms with Gasteiger partial charge in [0.05, 0.1) is 7.11 Å². The maximum Gasteiger partial charge on any atom is 0.168 e. The predicted molar refractivity (Wildman–Crippen MR) is 101 cm³/mol. The number of thiocarbonyl (C=S) groups is 1. The molecule has 2 fully saturated rings. The molecular weight excluding hydrogens is 318 g/mol. The highest BCUT2D eigenvalue weighted by Crippen LogP contribution is 2.53. The summed E-state index contributed by atoms with van der Waals surface area (Å²) in [6.07, 6.45) is 3.57. The molecule has 5 heteroatoms. The molecule has 0 unspecified atom stereocenters. The Morgan fingerprint density at radius 3 is 2.88 bits per heavy atom. The third-order valence-corrected chi connectivity index (χ3v) is 7.14. The molecule has 2 heterocycles. The minimum Gasteiger partial charge on any atom is -0.497 e. The molecular formula is C19H27N3OS. The van der Waals surface area contributed by atoms with E-state index in [4.69, 9.17) is 17.0 Å². The minimum atomic E-state index is 0.291. The highest BCUT2D eigenvalue weighted by Gasteiger charge is 2.54. The lowest BCUT2D eigenvalue weighted by Gasteiger charge is -2.60. The van der Waals surface area contributed by atoms with Crippen molar-refractivity contribution in [1.82, 2.24) is 15.1 Å². The quantitative estimate of drug-likeness (QED) is 0.786. The monoisotopic (exact) mass is 345 g/mol. The number of rotatable bonds is 1. The molecule has 4 nitrogen and oxygen atoms in total. The van der Waals surface area contributed by atoms with Gasteiger partial charge in [0.2, 0.25) is 0 Å². The first-order valence-corrected chi connectivity index (χ1v) is 9.34. The summed E-state index contributed by atoms with van der Waals surface area (Å²) in [5, 5.41) is 4.06. The zero-order valence-corrected chi connectivity index (χ0v) is 15.7. The molecule has 0 aromatic heterocycles. The molecule has 1 N–H and O–H groups in total. The van der Waals surface area contributed by atoms with Gasteiger partial charge in [-0.25, -0.2) is 0 Å². The zero-order valence-electron chi connectivity index (χ0n) is 14.8. The van der Waals surface area contributed by atoms with Gasteiger partial charge >= 0.3 is 0 Å². The Labute approximate surface area is 150 Å². The average molecular weight is 346 g/mol. The molecule has 2 aliphatic heterocycles. The number of piperidine rings is 2. The number of methoxy groups -OCH3 is 1. The molecule has 3 atom stereocenters. The lowest BCUT2D eigenvalue weighted by molar-refractivity contribution is -0.0110. The van der Waals surface area contributed by atoms with Crippen LogP contribution >= 0.6 is 12.2 Å². The topological polar surface area (TPSA) is 27.7 Å². The number of hydrogen-bond acceptors (Lipinski definition) is 3. The van der Waals surface area contributed by atoms with Crippen LogP contribution in [-0.4, -0.2) is 61.8 Å². The van der Waals surface area contributed by atoms with Crippen LogP contribution in [0.1, 0.15) is 24.0 Å². The summed E-state index contributed by atoms with van der Waals surface area (Å²) >= 11 is 5.53. The lowest BCUT2D eigenvalue weighted by atomic mass is 9.54.